The fraction of sp³-hybridized carbons (Fsp3) is 0.474. The van der Waals surface area contributed by atoms with Crippen LogP contribution in [0.15, 0.2) is 30.3 Å². The molecule has 5 nitrogen and oxygen atoms in total. The molecule has 1 aliphatic rings. The van der Waals surface area contributed by atoms with Gasteiger partial charge in [-0.1, -0.05) is 18.2 Å². The summed E-state index contributed by atoms with van der Waals surface area (Å²) < 4.78 is 15.5. The second kappa shape index (κ2) is 7.35. The molecule has 3 rings (SSSR count). The predicted octanol–water partition coefficient (Wildman–Crippen LogP) is 2.60. The highest BCUT2D eigenvalue weighted by Crippen LogP contribution is 2.20. The van der Waals surface area contributed by atoms with Gasteiger partial charge in [-0.2, -0.15) is 5.10 Å². The van der Waals surface area contributed by atoms with Crippen LogP contribution in [-0.2, 0) is 13.6 Å². The van der Waals surface area contributed by atoms with Crippen LogP contribution < -0.4 is 0 Å². The Morgan fingerprint density at radius 3 is 2.60 bits per heavy atom. The highest BCUT2D eigenvalue weighted by atomic mass is 19.1. The van der Waals surface area contributed by atoms with Crippen LogP contribution in [0.1, 0.15) is 34.6 Å². The van der Waals surface area contributed by atoms with Crippen LogP contribution in [0, 0.1) is 12.7 Å². The third kappa shape index (κ3) is 3.90. The minimum absolute atomic E-state index is 0.0312. The average Bonchev–Trinajstić information content (AvgIpc) is 2.95. The Balaban J connectivity index is 1.56. The number of nitrogens with zero attached hydrogens (tertiary/aromatic N) is 4. The number of aryl methyl sites for hydroxylation is 2. The number of halogens is 1. The lowest BCUT2D eigenvalue weighted by Crippen LogP contribution is -2.45. The first-order valence-electron chi connectivity index (χ1n) is 8.69. The van der Waals surface area contributed by atoms with Crippen molar-refractivity contribution in [2.24, 2.45) is 7.05 Å². The molecule has 0 N–H and O–H groups in total. The van der Waals surface area contributed by atoms with Crippen LogP contribution >= 0.6 is 0 Å². The standard InChI is InChI=1S/C19H25FN4O/c1-14-12-18(21-23(14)3)19(25)22(2)16-8-10-24(11-9-16)13-15-6-4-5-7-17(15)20/h4-7,12,16H,8-11,13H2,1-3H3. The van der Waals surface area contributed by atoms with Crippen molar-refractivity contribution in [1.29, 1.82) is 0 Å². The van der Waals surface area contributed by atoms with Crippen molar-refractivity contribution in [2.75, 3.05) is 20.1 Å². The predicted molar refractivity (Wildman–Crippen MR) is 94.7 cm³/mol. The van der Waals surface area contributed by atoms with Gasteiger partial charge in [0, 0.05) is 51.0 Å². The van der Waals surface area contributed by atoms with E-state index in [9.17, 15) is 9.18 Å². The molecule has 2 heterocycles. The number of carbonyl (C=O) groups is 1. The zero-order valence-electron chi connectivity index (χ0n) is 15.1. The van der Waals surface area contributed by atoms with Gasteiger partial charge in [0.2, 0.25) is 0 Å². The number of likely N-dealkylation sites (tertiary alicyclic amines) is 1. The summed E-state index contributed by atoms with van der Waals surface area (Å²) >= 11 is 0. The second-order valence-corrected chi connectivity index (χ2v) is 6.81. The normalized spacial score (nSPS) is 16.2. The van der Waals surface area contributed by atoms with Crippen molar-refractivity contribution in [3.8, 4) is 0 Å². The van der Waals surface area contributed by atoms with Crippen LogP contribution in [-0.4, -0.2) is 51.7 Å². The van der Waals surface area contributed by atoms with Gasteiger partial charge in [-0.25, -0.2) is 4.39 Å². The average molecular weight is 344 g/mol. The SMILES string of the molecule is Cc1cc(C(=O)N(C)C2CCN(Cc3ccccc3F)CC2)nn1C. The molecule has 0 aliphatic carbocycles. The Morgan fingerprint density at radius 1 is 1.32 bits per heavy atom. The maximum Gasteiger partial charge on any atom is 0.274 e. The molecular formula is C19H25FN4O. The van der Waals surface area contributed by atoms with Gasteiger partial charge in [-0.05, 0) is 31.9 Å². The van der Waals surface area contributed by atoms with Crippen LogP contribution in [0.2, 0.25) is 0 Å². The number of aromatic nitrogens is 2. The first-order chi connectivity index (χ1) is 12.0. The Hall–Kier alpha value is -2.21. The zero-order chi connectivity index (χ0) is 18.0. The van der Waals surface area contributed by atoms with E-state index in [1.807, 2.05) is 44.1 Å². The first-order valence-corrected chi connectivity index (χ1v) is 8.69. The quantitative estimate of drug-likeness (QED) is 0.856. The molecule has 0 saturated carbocycles. The van der Waals surface area contributed by atoms with Gasteiger partial charge in [0.25, 0.3) is 5.91 Å². The summed E-state index contributed by atoms with van der Waals surface area (Å²) in [6.07, 6.45) is 1.78. The second-order valence-electron chi connectivity index (χ2n) is 6.81. The number of rotatable bonds is 4. The van der Waals surface area contributed by atoms with E-state index in [2.05, 4.69) is 10.00 Å². The van der Waals surface area contributed by atoms with Gasteiger partial charge in [-0.15, -0.1) is 0 Å². The summed E-state index contributed by atoms with van der Waals surface area (Å²) in [5.74, 6) is -0.182. The summed E-state index contributed by atoms with van der Waals surface area (Å²) in [5.41, 5.74) is 2.20. The Kier molecular flexibility index (Phi) is 5.18. The molecule has 134 valence electrons. The van der Waals surface area contributed by atoms with Crippen LogP contribution in [0.4, 0.5) is 4.39 Å². The van der Waals surface area contributed by atoms with Crippen molar-refractivity contribution in [3.63, 3.8) is 0 Å². The fourth-order valence-electron chi connectivity index (χ4n) is 3.34. The lowest BCUT2D eigenvalue weighted by Gasteiger charge is -2.36. The smallest absolute Gasteiger partial charge is 0.274 e. The molecule has 1 saturated heterocycles. The molecule has 1 fully saturated rings. The molecule has 1 aliphatic heterocycles. The van der Waals surface area contributed by atoms with Gasteiger partial charge in [-0.3, -0.25) is 14.4 Å². The highest BCUT2D eigenvalue weighted by molar-refractivity contribution is 5.92. The van der Waals surface area contributed by atoms with Crippen LogP contribution in [0.5, 0.6) is 0 Å². The lowest BCUT2D eigenvalue weighted by atomic mass is 10.0. The van der Waals surface area contributed by atoms with E-state index in [0.29, 0.717) is 12.2 Å². The highest BCUT2D eigenvalue weighted by Gasteiger charge is 2.27. The molecule has 0 unspecified atom stereocenters. The van der Waals surface area contributed by atoms with E-state index < -0.39 is 0 Å². The minimum atomic E-state index is -0.151. The number of piperidine rings is 1. The van der Waals surface area contributed by atoms with Gasteiger partial charge < -0.3 is 4.90 Å². The molecule has 1 aromatic carbocycles. The topological polar surface area (TPSA) is 41.4 Å². The van der Waals surface area contributed by atoms with Crippen molar-refractivity contribution in [2.45, 2.75) is 32.4 Å². The van der Waals surface area contributed by atoms with Crippen molar-refractivity contribution >= 4 is 5.91 Å². The largest absolute Gasteiger partial charge is 0.337 e. The number of amides is 1. The molecule has 6 heteroatoms. The summed E-state index contributed by atoms with van der Waals surface area (Å²) in [4.78, 5) is 16.7. The number of carbonyl (C=O) groups excluding carboxylic acids is 1. The van der Waals surface area contributed by atoms with Gasteiger partial charge in [0.05, 0.1) is 0 Å². The van der Waals surface area contributed by atoms with Crippen molar-refractivity contribution in [1.82, 2.24) is 19.6 Å². The third-order valence-corrected chi connectivity index (χ3v) is 5.11. The van der Waals surface area contributed by atoms with E-state index in [1.165, 1.54) is 6.07 Å². The van der Waals surface area contributed by atoms with E-state index in [-0.39, 0.29) is 17.8 Å². The minimum Gasteiger partial charge on any atom is -0.337 e. The van der Waals surface area contributed by atoms with Crippen LogP contribution in [0.3, 0.4) is 0 Å². The zero-order valence-corrected chi connectivity index (χ0v) is 15.1. The number of hydrogen-bond acceptors (Lipinski definition) is 3. The molecule has 1 aromatic heterocycles. The summed E-state index contributed by atoms with van der Waals surface area (Å²) in [6, 6.07) is 8.94. The fourth-order valence-corrected chi connectivity index (χ4v) is 3.34. The molecule has 0 radical (unpaired) electrons. The van der Waals surface area contributed by atoms with Crippen LogP contribution in [0.25, 0.3) is 0 Å². The van der Waals surface area contributed by atoms with E-state index in [1.54, 1.807) is 10.7 Å². The Morgan fingerprint density at radius 2 is 2.00 bits per heavy atom. The monoisotopic (exact) mass is 344 g/mol. The first kappa shape index (κ1) is 17.6. The van der Waals surface area contributed by atoms with E-state index in [4.69, 9.17) is 0 Å². The number of benzene rings is 1. The van der Waals surface area contributed by atoms with E-state index >= 15 is 0 Å². The maximum absolute atomic E-state index is 13.8. The maximum atomic E-state index is 13.8. The molecule has 0 atom stereocenters. The Bertz CT molecular complexity index is 730. The molecule has 1 amide bonds. The summed E-state index contributed by atoms with van der Waals surface area (Å²) in [6.45, 7) is 4.28. The molecule has 0 bridgehead atoms. The molecule has 2 aromatic rings. The van der Waals surface area contributed by atoms with Crippen molar-refractivity contribution < 1.29 is 9.18 Å². The van der Waals surface area contributed by atoms with Gasteiger partial charge in [0.15, 0.2) is 5.69 Å². The third-order valence-electron chi connectivity index (χ3n) is 5.11. The van der Waals surface area contributed by atoms with Gasteiger partial charge in [0.1, 0.15) is 5.82 Å². The molecule has 0 spiro atoms. The molecular weight excluding hydrogens is 319 g/mol. The van der Waals surface area contributed by atoms with Gasteiger partial charge >= 0.3 is 0 Å². The molecule has 25 heavy (non-hydrogen) atoms. The summed E-state index contributed by atoms with van der Waals surface area (Å²) in [7, 11) is 3.69. The van der Waals surface area contributed by atoms with E-state index in [0.717, 1.165) is 37.2 Å². The lowest BCUT2D eigenvalue weighted by molar-refractivity contribution is 0.0629. The summed E-state index contributed by atoms with van der Waals surface area (Å²) in [5, 5.41) is 4.28. The van der Waals surface area contributed by atoms with Crippen molar-refractivity contribution in [3.05, 3.63) is 53.1 Å². The number of hydrogen-bond donors (Lipinski definition) is 0. The Labute approximate surface area is 148 Å².